The SMILES string of the molecule is COC(=O)C1CN(C2CC(C)CC(C)C2)CCO1. The molecule has 1 aliphatic carbocycles. The zero-order chi connectivity index (χ0) is 13.1. The number of ether oxygens (including phenoxy) is 2. The van der Waals surface area contributed by atoms with Gasteiger partial charge in [0.05, 0.1) is 13.7 Å². The number of nitrogens with zero attached hydrogens (tertiary/aromatic N) is 1. The first-order valence-electron chi connectivity index (χ1n) is 7.03. The van der Waals surface area contributed by atoms with Crippen molar-refractivity contribution < 1.29 is 14.3 Å². The van der Waals surface area contributed by atoms with Gasteiger partial charge in [0.1, 0.15) is 0 Å². The van der Waals surface area contributed by atoms with Gasteiger partial charge in [0.25, 0.3) is 0 Å². The monoisotopic (exact) mass is 255 g/mol. The molecular formula is C14H25NO3. The fraction of sp³-hybridized carbons (Fsp3) is 0.929. The summed E-state index contributed by atoms with van der Waals surface area (Å²) in [4.78, 5) is 14.0. The molecule has 1 aliphatic heterocycles. The molecule has 2 rings (SSSR count). The summed E-state index contributed by atoms with van der Waals surface area (Å²) in [6.45, 7) is 6.94. The molecule has 3 atom stereocenters. The van der Waals surface area contributed by atoms with E-state index in [0.717, 1.165) is 18.4 Å². The lowest BCUT2D eigenvalue weighted by Gasteiger charge is -2.42. The second-order valence-corrected chi connectivity index (χ2v) is 5.95. The number of rotatable bonds is 2. The van der Waals surface area contributed by atoms with Gasteiger partial charge in [-0.25, -0.2) is 4.79 Å². The van der Waals surface area contributed by atoms with Crippen molar-refractivity contribution in [3.05, 3.63) is 0 Å². The van der Waals surface area contributed by atoms with Crippen LogP contribution in [0.1, 0.15) is 33.1 Å². The molecule has 0 amide bonds. The highest BCUT2D eigenvalue weighted by Crippen LogP contribution is 2.32. The molecule has 4 nitrogen and oxygen atoms in total. The summed E-state index contributed by atoms with van der Waals surface area (Å²) in [5.74, 6) is 1.34. The van der Waals surface area contributed by atoms with Crippen molar-refractivity contribution in [2.75, 3.05) is 26.8 Å². The normalized spacial score (nSPS) is 38.4. The summed E-state index contributed by atoms with van der Waals surface area (Å²) in [6, 6.07) is 0.611. The van der Waals surface area contributed by atoms with Gasteiger partial charge in [-0.15, -0.1) is 0 Å². The van der Waals surface area contributed by atoms with Crippen molar-refractivity contribution in [2.24, 2.45) is 11.8 Å². The summed E-state index contributed by atoms with van der Waals surface area (Å²) in [7, 11) is 1.43. The number of hydrogen-bond donors (Lipinski definition) is 0. The molecule has 18 heavy (non-hydrogen) atoms. The minimum absolute atomic E-state index is 0.239. The van der Waals surface area contributed by atoms with Gasteiger partial charge in [-0.2, -0.15) is 0 Å². The molecule has 0 spiro atoms. The van der Waals surface area contributed by atoms with E-state index in [2.05, 4.69) is 18.7 Å². The number of methoxy groups -OCH3 is 1. The van der Waals surface area contributed by atoms with E-state index in [1.165, 1.54) is 26.4 Å². The topological polar surface area (TPSA) is 38.8 Å². The molecule has 4 heteroatoms. The zero-order valence-corrected chi connectivity index (χ0v) is 11.7. The molecule has 0 aromatic carbocycles. The molecule has 2 aliphatic rings. The predicted molar refractivity (Wildman–Crippen MR) is 69.3 cm³/mol. The Morgan fingerprint density at radius 2 is 1.89 bits per heavy atom. The summed E-state index contributed by atoms with van der Waals surface area (Å²) >= 11 is 0. The quantitative estimate of drug-likeness (QED) is 0.704. The molecule has 0 radical (unpaired) electrons. The van der Waals surface area contributed by atoms with Crippen LogP contribution in [0.15, 0.2) is 0 Å². The Labute approximate surface area is 110 Å². The van der Waals surface area contributed by atoms with Gasteiger partial charge in [-0.3, -0.25) is 4.90 Å². The highest BCUT2D eigenvalue weighted by atomic mass is 16.6. The smallest absolute Gasteiger partial charge is 0.336 e. The maximum Gasteiger partial charge on any atom is 0.336 e. The fourth-order valence-electron chi connectivity index (χ4n) is 3.48. The van der Waals surface area contributed by atoms with E-state index in [4.69, 9.17) is 9.47 Å². The minimum Gasteiger partial charge on any atom is -0.467 e. The average molecular weight is 255 g/mol. The minimum atomic E-state index is -0.392. The van der Waals surface area contributed by atoms with E-state index in [0.29, 0.717) is 19.2 Å². The van der Waals surface area contributed by atoms with Gasteiger partial charge in [-0.05, 0) is 31.1 Å². The number of hydrogen-bond acceptors (Lipinski definition) is 4. The van der Waals surface area contributed by atoms with E-state index in [1.807, 2.05) is 0 Å². The van der Waals surface area contributed by atoms with Crippen LogP contribution in [0, 0.1) is 11.8 Å². The summed E-state index contributed by atoms with van der Waals surface area (Å²) in [5.41, 5.74) is 0. The number of morpholine rings is 1. The number of carbonyl (C=O) groups is 1. The van der Waals surface area contributed by atoms with Gasteiger partial charge >= 0.3 is 5.97 Å². The van der Waals surface area contributed by atoms with Gasteiger partial charge in [0.15, 0.2) is 6.10 Å². The van der Waals surface area contributed by atoms with Crippen LogP contribution in [0.2, 0.25) is 0 Å². The van der Waals surface area contributed by atoms with Crippen molar-refractivity contribution in [1.82, 2.24) is 4.90 Å². The molecular weight excluding hydrogens is 230 g/mol. The van der Waals surface area contributed by atoms with Crippen LogP contribution in [-0.2, 0) is 14.3 Å². The molecule has 0 N–H and O–H groups in total. The number of carbonyl (C=O) groups excluding carboxylic acids is 1. The first-order chi connectivity index (χ1) is 8.60. The maximum absolute atomic E-state index is 11.5. The summed E-state index contributed by atoms with van der Waals surface area (Å²) < 4.78 is 10.3. The van der Waals surface area contributed by atoms with Crippen molar-refractivity contribution in [3.63, 3.8) is 0 Å². The van der Waals surface area contributed by atoms with Crippen LogP contribution in [0.5, 0.6) is 0 Å². The third-order valence-electron chi connectivity index (χ3n) is 4.23. The van der Waals surface area contributed by atoms with E-state index < -0.39 is 6.10 Å². The van der Waals surface area contributed by atoms with E-state index in [9.17, 15) is 4.79 Å². The van der Waals surface area contributed by atoms with Crippen LogP contribution in [0.4, 0.5) is 0 Å². The molecule has 0 bridgehead atoms. The Kier molecular flexibility index (Phi) is 4.62. The van der Waals surface area contributed by atoms with Crippen LogP contribution < -0.4 is 0 Å². The summed E-state index contributed by atoms with van der Waals surface area (Å²) in [5, 5.41) is 0. The van der Waals surface area contributed by atoms with Crippen molar-refractivity contribution in [2.45, 2.75) is 45.3 Å². The number of esters is 1. The van der Waals surface area contributed by atoms with Gasteiger partial charge < -0.3 is 9.47 Å². The Bertz CT molecular complexity index is 285. The van der Waals surface area contributed by atoms with E-state index >= 15 is 0 Å². The highest BCUT2D eigenvalue weighted by molar-refractivity contribution is 5.74. The molecule has 1 heterocycles. The molecule has 1 saturated heterocycles. The second-order valence-electron chi connectivity index (χ2n) is 5.95. The third kappa shape index (κ3) is 3.23. The van der Waals surface area contributed by atoms with E-state index in [1.54, 1.807) is 0 Å². The van der Waals surface area contributed by atoms with Crippen molar-refractivity contribution in [1.29, 1.82) is 0 Å². The van der Waals surface area contributed by atoms with Crippen molar-refractivity contribution >= 4 is 5.97 Å². The fourth-order valence-corrected chi connectivity index (χ4v) is 3.48. The largest absolute Gasteiger partial charge is 0.467 e. The van der Waals surface area contributed by atoms with Crippen LogP contribution in [0.25, 0.3) is 0 Å². The molecule has 1 saturated carbocycles. The van der Waals surface area contributed by atoms with Gasteiger partial charge in [0.2, 0.25) is 0 Å². The highest BCUT2D eigenvalue weighted by Gasteiger charge is 2.34. The average Bonchev–Trinajstić information content (AvgIpc) is 2.37. The molecule has 3 unspecified atom stereocenters. The molecule has 2 fully saturated rings. The third-order valence-corrected chi connectivity index (χ3v) is 4.23. The van der Waals surface area contributed by atoms with Crippen molar-refractivity contribution in [3.8, 4) is 0 Å². The zero-order valence-electron chi connectivity index (χ0n) is 11.7. The van der Waals surface area contributed by atoms with Gasteiger partial charge in [0, 0.05) is 19.1 Å². The molecule has 104 valence electrons. The predicted octanol–water partition coefficient (Wildman–Crippen LogP) is 1.68. The van der Waals surface area contributed by atoms with Crippen LogP contribution >= 0.6 is 0 Å². The Balaban J connectivity index is 1.93. The molecule has 0 aromatic rings. The first-order valence-corrected chi connectivity index (χ1v) is 7.03. The maximum atomic E-state index is 11.5. The lowest BCUT2D eigenvalue weighted by molar-refractivity contribution is -0.161. The Hall–Kier alpha value is -0.610. The second kappa shape index (κ2) is 6.02. The lowest BCUT2D eigenvalue weighted by Crippen LogP contribution is -2.52. The van der Waals surface area contributed by atoms with Gasteiger partial charge in [-0.1, -0.05) is 13.8 Å². The van der Waals surface area contributed by atoms with E-state index in [-0.39, 0.29) is 5.97 Å². The summed E-state index contributed by atoms with van der Waals surface area (Å²) in [6.07, 6.45) is 3.44. The Morgan fingerprint density at radius 1 is 1.22 bits per heavy atom. The molecule has 0 aromatic heterocycles. The van der Waals surface area contributed by atoms with Crippen LogP contribution in [-0.4, -0.2) is 49.8 Å². The lowest BCUT2D eigenvalue weighted by atomic mass is 9.79. The standard InChI is InChI=1S/C14H25NO3/c1-10-6-11(2)8-12(7-10)15-4-5-18-13(9-15)14(16)17-3/h10-13H,4-9H2,1-3H3. The van der Waals surface area contributed by atoms with Crippen LogP contribution in [0.3, 0.4) is 0 Å². The Morgan fingerprint density at radius 3 is 2.50 bits per heavy atom. The first kappa shape index (κ1) is 13.8.